The third-order valence-corrected chi connectivity index (χ3v) is 4.29. The van der Waals surface area contributed by atoms with Crippen molar-refractivity contribution >= 4 is 40.3 Å². The molecule has 0 heterocycles. The second kappa shape index (κ2) is 6.18. The van der Waals surface area contributed by atoms with E-state index < -0.39 is 11.3 Å². The van der Waals surface area contributed by atoms with Crippen LogP contribution in [0.1, 0.15) is 31.2 Å². The fraction of sp³-hybridized carbons (Fsp3) is 0.333. The van der Waals surface area contributed by atoms with Crippen molar-refractivity contribution in [1.29, 1.82) is 0 Å². The van der Waals surface area contributed by atoms with Crippen LogP contribution in [0.2, 0.25) is 10.0 Å². The summed E-state index contributed by atoms with van der Waals surface area (Å²) in [5.41, 5.74) is 5.39. The SMILES string of the molecule is NC1(C(=O)C(=CO)c2ccc(Cl)cc2Cl)CCC(=O)CC1. The van der Waals surface area contributed by atoms with Gasteiger partial charge in [-0.3, -0.25) is 9.59 Å². The molecule has 0 radical (unpaired) electrons. The Labute approximate surface area is 132 Å². The molecule has 0 saturated heterocycles. The Kier molecular flexibility index (Phi) is 4.71. The lowest BCUT2D eigenvalue weighted by molar-refractivity contribution is -0.125. The van der Waals surface area contributed by atoms with Crippen LogP contribution in [0.25, 0.3) is 5.57 Å². The van der Waals surface area contributed by atoms with Crippen LogP contribution in [0.15, 0.2) is 24.5 Å². The lowest BCUT2D eigenvalue weighted by Gasteiger charge is -2.32. The fourth-order valence-electron chi connectivity index (χ4n) is 2.43. The molecule has 1 aliphatic carbocycles. The Bertz CT molecular complexity index is 615. The number of aliphatic hydroxyl groups is 1. The first-order valence-corrected chi connectivity index (χ1v) is 7.28. The summed E-state index contributed by atoms with van der Waals surface area (Å²) in [4.78, 5) is 23.9. The Balaban J connectivity index is 2.33. The van der Waals surface area contributed by atoms with E-state index in [9.17, 15) is 14.7 Å². The summed E-state index contributed by atoms with van der Waals surface area (Å²) < 4.78 is 0. The summed E-state index contributed by atoms with van der Waals surface area (Å²) in [7, 11) is 0. The topological polar surface area (TPSA) is 80.4 Å². The van der Waals surface area contributed by atoms with Gasteiger partial charge in [-0.15, -0.1) is 0 Å². The molecule has 6 heteroatoms. The van der Waals surface area contributed by atoms with Gasteiger partial charge in [0.2, 0.25) is 0 Å². The number of rotatable bonds is 3. The molecule has 3 N–H and O–H groups in total. The van der Waals surface area contributed by atoms with Crippen molar-refractivity contribution in [3.8, 4) is 0 Å². The van der Waals surface area contributed by atoms with Gasteiger partial charge >= 0.3 is 0 Å². The van der Waals surface area contributed by atoms with Crippen molar-refractivity contribution in [3.63, 3.8) is 0 Å². The maximum atomic E-state index is 12.6. The number of benzene rings is 1. The number of Topliss-reactive ketones (excluding diaryl/α,β-unsaturated/α-hetero) is 2. The summed E-state index contributed by atoms with van der Waals surface area (Å²) >= 11 is 11.9. The molecule has 0 amide bonds. The summed E-state index contributed by atoms with van der Waals surface area (Å²) in [6.45, 7) is 0. The van der Waals surface area contributed by atoms with E-state index in [-0.39, 0.29) is 42.1 Å². The van der Waals surface area contributed by atoms with E-state index in [0.29, 0.717) is 16.8 Å². The lowest BCUT2D eigenvalue weighted by atomic mass is 9.76. The number of ketones is 2. The second-order valence-corrected chi connectivity index (χ2v) is 6.03. The Morgan fingerprint density at radius 3 is 2.43 bits per heavy atom. The maximum absolute atomic E-state index is 12.6. The van der Waals surface area contributed by atoms with Crippen LogP contribution in [0.5, 0.6) is 0 Å². The van der Waals surface area contributed by atoms with Gasteiger partial charge in [-0.1, -0.05) is 29.3 Å². The largest absolute Gasteiger partial charge is 0.515 e. The molecule has 2 rings (SSSR count). The molecule has 4 nitrogen and oxygen atoms in total. The number of carbonyl (C=O) groups is 2. The molecule has 112 valence electrons. The van der Waals surface area contributed by atoms with Crippen LogP contribution in [-0.4, -0.2) is 22.2 Å². The third kappa shape index (κ3) is 3.28. The zero-order valence-electron chi connectivity index (χ0n) is 11.2. The van der Waals surface area contributed by atoms with Gasteiger partial charge in [0.1, 0.15) is 5.78 Å². The molecule has 1 aromatic carbocycles. The quantitative estimate of drug-likeness (QED) is 0.659. The standard InChI is InChI=1S/C15H15Cl2NO3/c16-9-1-2-11(13(17)7-9)12(8-19)14(21)15(18)5-3-10(20)4-6-15/h1-2,7-8,19H,3-6,18H2. The molecular formula is C15H15Cl2NO3. The van der Waals surface area contributed by atoms with E-state index in [1.807, 2.05) is 0 Å². The number of carbonyl (C=O) groups excluding carboxylic acids is 2. The molecule has 0 atom stereocenters. The highest BCUT2D eigenvalue weighted by Crippen LogP contribution is 2.33. The van der Waals surface area contributed by atoms with Gasteiger partial charge in [0.25, 0.3) is 0 Å². The Hall–Kier alpha value is -1.36. The van der Waals surface area contributed by atoms with Crippen molar-refractivity contribution in [1.82, 2.24) is 0 Å². The van der Waals surface area contributed by atoms with E-state index in [1.54, 1.807) is 12.1 Å². The van der Waals surface area contributed by atoms with E-state index in [2.05, 4.69) is 0 Å². The first-order chi connectivity index (χ1) is 9.87. The molecule has 0 aliphatic heterocycles. The average Bonchev–Trinajstić information content (AvgIpc) is 2.45. The monoisotopic (exact) mass is 327 g/mol. The van der Waals surface area contributed by atoms with Gasteiger partial charge < -0.3 is 10.8 Å². The zero-order chi connectivity index (χ0) is 15.6. The highest BCUT2D eigenvalue weighted by molar-refractivity contribution is 6.38. The highest BCUT2D eigenvalue weighted by Gasteiger charge is 2.39. The van der Waals surface area contributed by atoms with Crippen molar-refractivity contribution in [2.24, 2.45) is 5.73 Å². The third-order valence-electron chi connectivity index (χ3n) is 3.75. The van der Waals surface area contributed by atoms with Gasteiger partial charge in [-0.05, 0) is 25.0 Å². The van der Waals surface area contributed by atoms with Crippen LogP contribution in [-0.2, 0) is 9.59 Å². The molecule has 0 unspecified atom stereocenters. The number of hydrogen-bond donors (Lipinski definition) is 2. The normalized spacial score (nSPS) is 18.6. The van der Waals surface area contributed by atoms with Gasteiger partial charge in [-0.2, -0.15) is 0 Å². The van der Waals surface area contributed by atoms with E-state index >= 15 is 0 Å². The first-order valence-electron chi connectivity index (χ1n) is 6.52. The highest BCUT2D eigenvalue weighted by atomic mass is 35.5. The minimum Gasteiger partial charge on any atom is -0.515 e. The molecule has 21 heavy (non-hydrogen) atoms. The predicted octanol–water partition coefficient (Wildman–Crippen LogP) is 3.30. The Morgan fingerprint density at radius 1 is 1.29 bits per heavy atom. The van der Waals surface area contributed by atoms with Crippen molar-refractivity contribution in [2.75, 3.05) is 0 Å². The number of aliphatic hydroxyl groups excluding tert-OH is 1. The molecule has 1 aromatic rings. The predicted molar refractivity (Wildman–Crippen MR) is 82.5 cm³/mol. The van der Waals surface area contributed by atoms with Crippen LogP contribution >= 0.6 is 23.2 Å². The molecule has 1 saturated carbocycles. The molecule has 0 bridgehead atoms. The number of nitrogens with two attached hydrogens (primary N) is 1. The van der Waals surface area contributed by atoms with Gasteiger partial charge in [-0.25, -0.2) is 0 Å². The second-order valence-electron chi connectivity index (χ2n) is 5.19. The molecule has 0 spiro atoms. The molecule has 1 fully saturated rings. The minimum atomic E-state index is -1.15. The molecule has 1 aliphatic rings. The number of hydrogen-bond acceptors (Lipinski definition) is 4. The smallest absolute Gasteiger partial charge is 0.186 e. The summed E-state index contributed by atoms with van der Waals surface area (Å²) in [5, 5.41) is 10.1. The molecule has 0 aromatic heterocycles. The van der Waals surface area contributed by atoms with Crippen molar-refractivity contribution in [3.05, 3.63) is 40.1 Å². The maximum Gasteiger partial charge on any atom is 0.186 e. The number of halogens is 2. The van der Waals surface area contributed by atoms with Gasteiger partial charge in [0.05, 0.1) is 22.4 Å². The van der Waals surface area contributed by atoms with Crippen LogP contribution in [0.4, 0.5) is 0 Å². The van der Waals surface area contributed by atoms with Crippen molar-refractivity contribution < 1.29 is 14.7 Å². The van der Waals surface area contributed by atoms with E-state index in [1.165, 1.54) is 6.07 Å². The average molecular weight is 328 g/mol. The fourth-order valence-corrected chi connectivity index (χ4v) is 2.94. The summed E-state index contributed by atoms with van der Waals surface area (Å²) in [5.74, 6) is -0.315. The Morgan fingerprint density at radius 2 is 1.90 bits per heavy atom. The van der Waals surface area contributed by atoms with Crippen LogP contribution in [0, 0.1) is 0 Å². The molecular weight excluding hydrogens is 313 g/mol. The zero-order valence-corrected chi connectivity index (χ0v) is 12.7. The van der Waals surface area contributed by atoms with E-state index in [0.717, 1.165) is 0 Å². The van der Waals surface area contributed by atoms with E-state index in [4.69, 9.17) is 28.9 Å². The van der Waals surface area contributed by atoms with Crippen LogP contribution < -0.4 is 5.73 Å². The van der Waals surface area contributed by atoms with Gasteiger partial charge in [0, 0.05) is 23.4 Å². The lowest BCUT2D eigenvalue weighted by Crippen LogP contribution is -2.51. The summed E-state index contributed by atoms with van der Waals surface area (Å²) in [6.07, 6.45) is 1.80. The summed E-state index contributed by atoms with van der Waals surface area (Å²) in [6, 6.07) is 4.62. The minimum absolute atomic E-state index is 0.0357. The van der Waals surface area contributed by atoms with Crippen LogP contribution in [0.3, 0.4) is 0 Å². The van der Waals surface area contributed by atoms with Gasteiger partial charge in [0.15, 0.2) is 5.78 Å². The first kappa shape index (κ1) is 16.0. The van der Waals surface area contributed by atoms with Crippen molar-refractivity contribution in [2.45, 2.75) is 31.2 Å².